The number of benzene rings is 9. The molecule has 0 aromatic heterocycles. The summed E-state index contributed by atoms with van der Waals surface area (Å²) in [5.74, 6) is 0. The van der Waals surface area contributed by atoms with Crippen molar-refractivity contribution < 1.29 is 0 Å². The summed E-state index contributed by atoms with van der Waals surface area (Å²) in [6, 6.07) is 72.5. The van der Waals surface area contributed by atoms with Crippen LogP contribution in [0, 0.1) is 0 Å². The molecule has 0 saturated heterocycles. The lowest BCUT2D eigenvalue weighted by Gasteiger charge is -2.30. The molecule has 0 atom stereocenters. The zero-order valence-corrected chi connectivity index (χ0v) is 27.0. The Morgan fingerprint density at radius 2 is 0.776 bits per heavy atom. The third-order valence-electron chi connectivity index (χ3n) is 9.64. The van der Waals surface area contributed by atoms with Crippen LogP contribution in [-0.2, 0) is 0 Å². The molecule has 0 heterocycles. The fourth-order valence-electron chi connectivity index (χ4n) is 7.38. The summed E-state index contributed by atoms with van der Waals surface area (Å²) in [4.78, 5) is 2.47. The van der Waals surface area contributed by atoms with Gasteiger partial charge in [-0.1, -0.05) is 176 Å². The third-order valence-corrected chi connectivity index (χ3v) is 9.64. The van der Waals surface area contributed by atoms with Gasteiger partial charge in [-0.3, -0.25) is 0 Å². The van der Waals surface area contributed by atoms with E-state index in [1.165, 1.54) is 65.7 Å². The molecule has 0 spiro atoms. The van der Waals surface area contributed by atoms with Gasteiger partial charge in [-0.2, -0.15) is 0 Å². The van der Waals surface area contributed by atoms with Gasteiger partial charge in [0, 0.05) is 16.6 Å². The summed E-state index contributed by atoms with van der Waals surface area (Å²) in [5, 5.41) is 7.38. The maximum atomic E-state index is 2.47. The Balaban J connectivity index is 1.33. The number of hydrogen-bond donors (Lipinski definition) is 0. The summed E-state index contributed by atoms with van der Waals surface area (Å²) < 4.78 is 0. The second-order valence-corrected chi connectivity index (χ2v) is 12.5. The van der Waals surface area contributed by atoms with Crippen molar-refractivity contribution in [1.29, 1.82) is 0 Å². The molecule has 230 valence electrons. The van der Waals surface area contributed by atoms with E-state index in [2.05, 4.69) is 205 Å². The van der Waals surface area contributed by atoms with E-state index in [1.807, 2.05) is 0 Å². The molecule has 0 N–H and O–H groups in total. The molecule has 0 amide bonds. The first-order chi connectivity index (χ1) is 24.3. The average Bonchev–Trinajstić information content (AvgIpc) is 3.18. The lowest BCUT2D eigenvalue weighted by Crippen LogP contribution is -2.12. The number of anilines is 3. The predicted octanol–water partition coefficient (Wildman–Crippen LogP) is 13.6. The Bertz CT molecular complexity index is 2620. The first-order valence-corrected chi connectivity index (χ1v) is 16.9. The molecule has 1 heteroatoms. The van der Waals surface area contributed by atoms with Crippen LogP contribution >= 0.6 is 0 Å². The number of hydrogen-bond acceptors (Lipinski definition) is 1. The third kappa shape index (κ3) is 5.13. The van der Waals surface area contributed by atoms with Crippen LogP contribution in [0.4, 0.5) is 17.1 Å². The molecular weight excluding hydrogens is 591 g/mol. The maximum Gasteiger partial charge on any atom is 0.0546 e. The maximum absolute atomic E-state index is 2.47. The molecular formula is C48H33N. The minimum Gasteiger partial charge on any atom is -0.309 e. The van der Waals surface area contributed by atoms with Crippen molar-refractivity contribution in [2.24, 2.45) is 0 Å². The molecule has 0 aliphatic heterocycles. The number of para-hydroxylation sites is 1. The van der Waals surface area contributed by atoms with Crippen molar-refractivity contribution in [3.63, 3.8) is 0 Å². The molecule has 0 saturated carbocycles. The predicted molar refractivity (Wildman–Crippen MR) is 210 cm³/mol. The molecule has 49 heavy (non-hydrogen) atoms. The van der Waals surface area contributed by atoms with Crippen molar-refractivity contribution in [3.05, 3.63) is 200 Å². The van der Waals surface area contributed by atoms with Crippen molar-refractivity contribution in [3.8, 4) is 33.4 Å². The van der Waals surface area contributed by atoms with E-state index in [0.717, 1.165) is 17.1 Å². The van der Waals surface area contributed by atoms with Gasteiger partial charge in [-0.25, -0.2) is 0 Å². The molecule has 9 aromatic carbocycles. The van der Waals surface area contributed by atoms with Crippen molar-refractivity contribution in [1.82, 2.24) is 0 Å². The molecule has 1 nitrogen and oxygen atoms in total. The fraction of sp³-hybridized carbons (Fsp3) is 0. The van der Waals surface area contributed by atoms with Crippen LogP contribution in [0.5, 0.6) is 0 Å². The second kappa shape index (κ2) is 12.3. The fourth-order valence-corrected chi connectivity index (χ4v) is 7.38. The zero-order valence-electron chi connectivity index (χ0n) is 27.0. The summed E-state index contributed by atoms with van der Waals surface area (Å²) >= 11 is 0. The molecule has 0 fully saturated rings. The van der Waals surface area contributed by atoms with E-state index < -0.39 is 0 Å². The molecule has 0 bridgehead atoms. The Morgan fingerprint density at radius 1 is 0.265 bits per heavy atom. The van der Waals surface area contributed by atoms with Crippen LogP contribution in [0.1, 0.15) is 0 Å². The van der Waals surface area contributed by atoms with Crippen LogP contribution in [0.15, 0.2) is 200 Å². The minimum absolute atomic E-state index is 1.12. The number of fused-ring (bicyclic) bond motifs is 4. The largest absolute Gasteiger partial charge is 0.309 e. The lowest BCUT2D eigenvalue weighted by atomic mass is 9.88. The average molecular weight is 624 g/mol. The van der Waals surface area contributed by atoms with E-state index >= 15 is 0 Å². The van der Waals surface area contributed by atoms with Crippen LogP contribution in [0.2, 0.25) is 0 Å². The van der Waals surface area contributed by atoms with Gasteiger partial charge in [0.05, 0.1) is 11.4 Å². The second-order valence-electron chi connectivity index (χ2n) is 12.5. The summed E-state index contributed by atoms with van der Waals surface area (Å²) in [6.45, 7) is 0. The van der Waals surface area contributed by atoms with Crippen LogP contribution in [0.25, 0.3) is 65.7 Å². The first-order valence-electron chi connectivity index (χ1n) is 16.9. The molecule has 9 rings (SSSR count). The van der Waals surface area contributed by atoms with Gasteiger partial charge in [0.15, 0.2) is 0 Å². The van der Waals surface area contributed by atoms with Gasteiger partial charge < -0.3 is 4.90 Å². The molecule has 0 aliphatic rings. The van der Waals surface area contributed by atoms with E-state index in [-0.39, 0.29) is 0 Å². The van der Waals surface area contributed by atoms with Crippen molar-refractivity contribution in [2.45, 2.75) is 0 Å². The van der Waals surface area contributed by atoms with E-state index in [1.54, 1.807) is 0 Å². The van der Waals surface area contributed by atoms with Gasteiger partial charge in [-0.15, -0.1) is 0 Å². The Hall–Kier alpha value is -6.44. The topological polar surface area (TPSA) is 3.24 Å². The van der Waals surface area contributed by atoms with E-state index in [9.17, 15) is 0 Å². The summed E-state index contributed by atoms with van der Waals surface area (Å²) in [6.07, 6.45) is 0. The Labute approximate surface area is 287 Å². The van der Waals surface area contributed by atoms with Crippen molar-refractivity contribution >= 4 is 49.4 Å². The first kappa shape index (κ1) is 28.8. The van der Waals surface area contributed by atoms with Gasteiger partial charge in [0.1, 0.15) is 0 Å². The highest BCUT2D eigenvalue weighted by Gasteiger charge is 2.22. The monoisotopic (exact) mass is 623 g/mol. The summed E-state index contributed by atoms with van der Waals surface area (Å²) in [7, 11) is 0. The molecule has 9 aromatic rings. The number of nitrogens with zero attached hydrogens (tertiary/aromatic N) is 1. The normalized spacial score (nSPS) is 11.3. The smallest absolute Gasteiger partial charge is 0.0546 e. The van der Waals surface area contributed by atoms with E-state index in [4.69, 9.17) is 0 Å². The van der Waals surface area contributed by atoms with Gasteiger partial charge in [0.25, 0.3) is 0 Å². The minimum atomic E-state index is 1.12. The van der Waals surface area contributed by atoms with Crippen LogP contribution in [0.3, 0.4) is 0 Å². The zero-order chi connectivity index (χ0) is 32.6. The van der Waals surface area contributed by atoms with Gasteiger partial charge >= 0.3 is 0 Å². The highest BCUT2D eigenvalue weighted by Crippen LogP contribution is 2.48. The van der Waals surface area contributed by atoms with Crippen molar-refractivity contribution in [2.75, 3.05) is 4.90 Å². The number of rotatable bonds is 6. The van der Waals surface area contributed by atoms with Gasteiger partial charge in [-0.05, 0) is 79.0 Å². The van der Waals surface area contributed by atoms with E-state index in [0.29, 0.717) is 0 Å². The SMILES string of the molecule is c1ccc(-c2ccccc2-c2ccccc2-c2ccccc2N(c2ccc3ccccc3c2)c2cc3ccccc3c3ccccc23)cc1. The van der Waals surface area contributed by atoms with Crippen LogP contribution < -0.4 is 4.90 Å². The standard InChI is InChI=1S/C48H33N/c1-2-17-35(18-3-1)39-21-8-9-23-41(39)43-25-10-11-26-44(43)45-27-14-15-29-47(45)49(38-31-30-34-16-4-5-19-36(34)32-38)48-33-37-20-6-7-22-40(37)42-24-12-13-28-46(42)48/h1-33H. The van der Waals surface area contributed by atoms with Crippen LogP contribution in [-0.4, -0.2) is 0 Å². The quantitative estimate of drug-likeness (QED) is 0.167. The molecule has 0 unspecified atom stereocenters. The molecule has 0 radical (unpaired) electrons. The molecule has 0 aliphatic carbocycles. The summed E-state index contributed by atoms with van der Waals surface area (Å²) in [5.41, 5.74) is 10.6. The van der Waals surface area contributed by atoms with Gasteiger partial charge in [0.2, 0.25) is 0 Å². The Kier molecular flexibility index (Phi) is 7.22. The highest BCUT2D eigenvalue weighted by atomic mass is 15.1. The Morgan fingerprint density at radius 3 is 1.53 bits per heavy atom. The highest BCUT2D eigenvalue weighted by molar-refractivity contribution is 6.15. The lowest BCUT2D eigenvalue weighted by molar-refractivity contribution is 1.31.